The number of aromatic nitrogens is 3. The summed E-state index contributed by atoms with van der Waals surface area (Å²) in [6.07, 6.45) is 2.07. The molecule has 2 heterocycles. The Bertz CT molecular complexity index is 383. The van der Waals surface area contributed by atoms with Crippen molar-refractivity contribution in [3.63, 3.8) is 0 Å². The van der Waals surface area contributed by atoms with Crippen LogP contribution in [0, 0.1) is 0 Å². The van der Waals surface area contributed by atoms with E-state index in [4.69, 9.17) is 0 Å². The summed E-state index contributed by atoms with van der Waals surface area (Å²) in [5, 5.41) is 6.51. The molecule has 0 aromatic carbocycles. The Labute approximate surface area is 86.1 Å². The number of aryl methyl sites for hydroxylation is 1. The highest BCUT2D eigenvalue weighted by molar-refractivity contribution is 6.01. The number of carbonyl (C=O) groups is 2. The van der Waals surface area contributed by atoms with Gasteiger partial charge >= 0.3 is 6.03 Å². The van der Waals surface area contributed by atoms with Crippen LogP contribution in [-0.2, 0) is 18.3 Å². The molecular formula is C8H11N5O2. The van der Waals surface area contributed by atoms with Gasteiger partial charge in [0.25, 0.3) is 0 Å². The predicted molar refractivity (Wildman–Crippen MR) is 49.8 cm³/mol. The fraction of sp³-hybridized carbons (Fsp3) is 0.500. The van der Waals surface area contributed by atoms with E-state index in [1.54, 1.807) is 18.1 Å². The average molecular weight is 209 g/mol. The Balaban J connectivity index is 1.93. The number of nitrogens with one attached hydrogen (secondary N) is 1. The van der Waals surface area contributed by atoms with Gasteiger partial charge in [-0.05, 0) is 0 Å². The number of hydrogen-bond donors (Lipinski definition) is 1. The zero-order chi connectivity index (χ0) is 10.8. The topological polar surface area (TPSA) is 80.1 Å². The van der Waals surface area contributed by atoms with Gasteiger partial charge in [0, 0.05) is 20.0 Å². The molecule has 0 aliphatic carbocycles. The van der Waals surface area contributed by atoms with Crippen LogP contribution in [0.5, 0.6) is 0 Å². The number of rotatable bonds is 3. The van der Waals surface area contributed by atoms with E-state index in [1.165, 1.54) is 4.90 Å². The van der Waals surface area contributed by atoms with Crippen LogP contribution in [0.15, 0.2) is 6.33 Å². The fourth-order valence-electron chi connectivity index (χ4n) is 1.39. The molecule has 1 aromatic rings. The number of urea groups is 1. The van der Waals surface area contributed by atoms with Gasteiger partial charge in [0.2, 0.25) is 5.91 Å². The fourth-order valence-corrected chi connectivity index (χ4v) is 1.39. The van der Waals surface area contributed by atoms with Crippen molar-refractivity contribution in [1.82, 2.24) is 25.0 Å². The highest BCUT2D eigenvalue weighted by Gasteiger charge is 2.27. The lowest BCUT2D eigenvalue weighted by Gasteiger charge is -2.09. The van der Waals surface area contributed by atoms with Gasteiger partial charge in [-0.25, -0.2) is 9.78 Å². The SMILES string of the molecule is Cn1cnc(CCN2C(=O)CNC2=O)n1. The van der Waals surface area contributed by atoms with Gasteiger partial charge in [-0.2, -0.15) is 5.10 Å². The molecular weight excluding hydrogens is 198 g/mol. The van der Waals surface area contributed by atoms with E-state index < -0.39 is 0 Å². The molecule has 1 aromatic heterocycles. The van der Waals surface area contributed by atoms with Crippen LogP contribution in [0.3, 0.4) is 0 Å². The molecule has 3 amide bonds. The molecule has 1 saturated heterocycles. The molecule has 0 atom stereocenters. The Kier molecular flexibility index (Phi) is 2.36. The maximum Gasteiger partial charge on any atom is 0.324 e. The molecule has 80 valence electrons. The van der Waals surface area contributed by atoms with E-state index >= 15 is 0 Å². The van der Waals surface area contributed by atoms with Crippen molar-refractivity contribution in [2.45, 2.75) is 6.42 Å². The molecule has 1 aliphatic rings. The third kappa shape index (κ3) is 1.95. The van der Waals surface area contributed by atoms with E-state index in [-0.39, 0.29) is 18.5 Å². The second-order valence-electron chi connectivity index (χ2n) is 3.29. The van der Waals surface area contributed by atoms with Crippen molar-refractivity contribution >= 4 is 11.9 Å². The molecule has 1 N–H and O–H groups in total. The Morgan fingerprint density at radius 1 is 1.53 bits per heavy atom. The molecule has 7 heteroatoms. The lowest BCUT2D eigenvalue weighted by Crippen LogP contribution is -2.33. The second-order valence-corrected chi connectivity index (χ2v) is 3.29. The van der Waals surface area contributed by atoms with Crippen molar-refractivity contribution < 1.29 is 9.59 Å². The number of carbonyl (C=O) groups excluding carboxylic acids is 2. The zero-order valence-electron chi connectivity index (χ0n) is 8.30. The molecule has 0 spiro atoms. The molecule has 0 radical (unpaired) electrons. The summed E-state index contributed by atoms with van der Waals surface area (Å²) in [5.41, 5.74) is 0. The van der Waals surface area contributed by atoms with E-state index in [0.29, 0.717) is 18.8 Å². The van der Waals surface area contributed by atoms with E-state index in [1.807, 2.05) is 0 Å². The van der Waals surface area contributed by atoms with E-state index in [0.717, 1.165) is 0 Å². The van der Waals surface area contributed by atoms with Crippen LogP contribution in [-0.4, -0.2) is 44.7 Å². The van der Waals surface area contributed by atoms with Gasteiger partial charge in [0.1, 0.15) is 6.33 Å². The summed E-state index contributed by atoms with van der Waals surface area (Å²) < 4.78 is 1.58. The van der Waals surface area contributed by atoms with Crippen LogP contribution in [0.25, 0.3) is 0 Å². The van der Waals surface area contributed by atoms with Crippen molar-refractivity contribution in [1.29, 1.82) is 0 Å². The predicted octanol–water partition coefficient (Wildman–Crippen LogP) is -1.09. The minimum atomic E-state index is -0.337. The maximum atomic E-state index is 11.2. The molecule has 7 nitrogen and oxygen atoms in total. The Morgan fingerprint density at radius 2 is 2.33 bits per heavy atom. The van der Waals surface area contributed by atoms with Gasteiger partial charge in [-0.15, -0.1) is 0 Å². The summed E-state index contributed by atoms with van der Waals surface area (Å²) in [6, 6.07) is -0.337. The third-order valence-electron chi connectivity index (χ3n) is 2.14. The Hall–Kier alpha value is -1.92. The summed E-state index contributed by atoms with van der Waals surface area (Å²) in [4.78, 5) is 27.6. The first kappa shape index (κ1) is 9.63. The van der Waals surface area contributed by atoms with Crippen molar-refractivity contribution in [2.24, 2.45) is 7.05 Å². The maximum absolute atomic E-state index is 11.2. The molecule has 2 rings (SSSR count). The Morgan fingerprint density at radius 3 is 2.87 bits per heavy atom. The molecule has 1 aliphatic heterocycles. The quantitative estimate of drug-likeness (QED) is 0.641. The number of imide groups is 1. The molecule has 1 fully saturated rings. The van der Waals surface area contributed by atoms with Crippen LogP contribution in [0.4, 0.5) is 4.79 Å². The first-order valence-corrected chi connectivity index (χ1v) is 4.59. The first-order valence-electron chi connectivity index (χ1n) is 4.59. The second kappa shape index (κ2) is 3.68. The van der Waals surface area contributed by atoms with Crippen LogP contribution in [0.2, 0.25) is 0 Å². The van der Waals surface area contributed by atoms with Gasteiger partial charge in [-0.1, -0.05) is 0 Å². The average Bonchev–Trinajstić information content (AvgIpc) is 2.73. The minimum Gasteiger partial charge on any atom is -0.329 e. The number of nitrogens with zero attached hydrogens (tertiary/aromatic N) is 4. The molecule has 0 bridgehead atoms. The third-order valence-corrected chi connectivity index (χ3v) is 2.14. The molecule has 0 unspecified atom stereocenters. The summed E-state index contributed by atoms with van der Waals surface area (Å²) in [6.45, 7) is 0.420. The van der Waals surface area contributed by atoms with Gasteiger partial charge in [0.15, 0.2) is 5.82 Å². The van der Waals surface area contributed by atoms with Crippen molar-refractivity contribution in [2.75, 3.05) is 13.1 Å². The zero-order valence-corrected chi connectivity index (χ0v) is 8.30. The number of hydrogen-bond acceptors (Lipinski definition) is 4. The lowest BCUT2D eigenvalue weighted by atomic mass is 10.4. The highest BCUT2D eigenvalue weighted by Crippen LogP contribution is 2.01. The summed E-state index contributed by atoms with van der Waals surface area (Å²) >= 11 is 0. The normalized spacial score (nSPS) is 15.9. The van der Waals surface area contributed by atoms with Crippen molar-refractivity contribution in [3.8, 4) is 0 Å². The summed E-state index contributed by atoms with van der Waals surface area (Å²) in [5.74, 6) is 0.431. The highest BCUT2D eigenvalue weighted by atomic mass is 16.2. The smallest absolute Gasteiger partial charge is 0.324 e. The van der Waals surface area contributed by atoms with Gasteiger partial charge < -0.3 is 5.32 Å². The van der Waals surface area contributed by atoms with Gasteiger partial charge in [-0.3, -0.25) is 14.4 Å². The van der Waals surface area contributed by atoms with Crippen LogP contribution >= 0.6 is 0 Å². The van der Waals surface area contributed by atoms with E-state index in [9.17, 15) is 9.59 Å². The standard InChI is InChI=1S/C8H11N5O2/c1-12-5-10-6(11-12)2-3-13-7(14)4-9-8(13)15/h5H,2-4H2,1H3,(H,9,15). The van der Waals surface area contributed by atoms with E-state index in [2.05, 4.69) is 15.4 Å². The minimum absolute atomic E-state index is 0.0917. The monoisotopic (exact) mass is 209 g/mol. The van der Waals surface area contributed by atoms with Crippen LogP contribution in [0.1, 0.15) is 5.82 Å². The first-order chi connectivity index (χ1) is 7.16. The largest absolute Gasteiger partial charge is 0.329 e. The van der Waals surface area contributed by atoms with Crippen molar-refractivity contribution in [3.05, 3.63) is 12.2 Å². The number of amides is 3. The van der Waals surface area contributed by atoms with Crippen LogP contribution < -0.4 is 5.32 Å². The molecule has 0 saturated carbocycles. The van der Waals surface area contributed by atoms with Gasteiger partial charge in [0.05, 0.1) is 6.54 Å². The molecule has 15 heavy (non-hydrogen) atoms. The summed E-state index contributed by atoms with van der Waals surface area (Å²) in [7, 11) is 1.77. The lowest BCUT2D eigenvalue weighted by molar-refractivity contribution is -0.124.